The summed E-state index contributed by atoms with van der Waals surface area (Å²) in [5, 5.41) is 0. The summed E-state index contributed by atoms with van der Waals surface area (Å²) in [6, 6.07) is 0. The van der Waals surface area contributed by atoms with Crippen LogP contribution in [0.4, 0.5) is 0 Å². The Hall–Kier alpha value is -0.300. The van der Waals surface area contributed by atoms with Crippen molar-refractivity contribution in [2.24, 2.45) is 11.8 Å². The van der Waals surface area contributed by atoms with Gasteiger partial charge in [-0.2, -0.15) is 0 Å². The topological polar surface area (TPSA) is 3.24 Å². The highest BCUT2D eigenvalue weighted by Gasteiger charge is 2.25. The monoisotopic (exact) mass is 153 g/mol. The Labute approximate surface area is 70.1 Å². The van der Waals surface area contributed by atoms with Crippen LogP contribution in [0, 0.1) is 11.8 Å². The number of nitrogens with zero attached hydrogens (tertiary/aromatic N) is 1. The highest BCUT2D eigenvalue weighted by Crippen LogP contribution is 2.38. The summed E-state index contributed by atoms with van der Waals surface area (Å²) >= 11 is 0. The Balaban J connectivity index is 0.000000134. The minimum atomic E-state index is 0.991. The van der Waals surface area contributed by atoms with E-state index < -0.39 is 0 Å². The molecule has 0 spiro atoms. The fraction of sp³-hybridized carbons (Fsp3) is 0.800. The van der Waals surface area contributed by atoms with Gasteiger partial charge in [0.25, 0.3) is 0 Å². The van der Waals surface area contributed by atoms with E-state index >= 15 is 0 Å². The van der Waals surface area contributed by atoms with Crippen molar-refractivity contribution in [2.45, 2.75) is 19.3 Å². The summed E-state index contributed by atoms with van der Waals surface area (Å²) in [5.41, 5.74) is 0. The second-order valence-corrected chi connectivity index (χ2v) is 4.06. The first-order valence-corrected chi connectivity index (χ1v) is 4.47. The van der Waals surface area contributed by atoms with E-state index in [0.29, 0.717) is 0 Å². The predicted molar refractivity (Wildman–Crippen MR) is 49.6 cm³/mol. The fourth-order valence-corrected chi connectivity index (χ4v) is 1.72. The van der Waals surface area contributed by atoms with Crippen LogP contribution in [-0.2, 0) is 0 Å². The van der Waals surface area contributed by atoms with E-state index in [1.165, 1.54) is 19.3 Å². The molecule has 2 bridgehead atoms. The van der Waals surface area contributed by atoms with Crippen molar-refractivity contribution in [2.75, 3.05) is 21.1 Å². The summed E-state index contributed by atoms with van der Waals surface area (Å²) in [6.07, 6.45) is 9.19. The number of rotatable bonds is 0. The Morgan fingerprint density at radius 3 is 1.45 bits per heavy atom. The second-order valence-electron chi connectivity index (χ2n) is 4.06. The maximum absolute atomic E-state index is 2.38. The number of hydrogen-bond donors (Lipinski definition) is 0. The molecule has 0 heterocycles. The molecule has 2 aliphatic carbocycles. The SMILES string of the molecule is C1=CC2CCC1C2.CN(C)C. The van der Waals surface area contributed by atoms with Crippen molar-refractivity contribution in [3.63, 3.8) is 0 Å². The molecule has 1 fully saturated rings. The Morgan fingerprint density at radius 2 is 1.36 bits per heavy atom. The zero-order valence-corrected chi connectivity index (χ0v) is 7.88. The van der Waals surface area contributed by atoms with Crippen LogP contribution in [0.15, 0.2) is 12.2 Å². The van der Waals surface area contributed by atoms with Gasteiger partial charge in [-0.3, -0.25) is 0 Å². The molecule has 2 aliphatic rings. The van der Waals surface area contributed by atoms with Crippen LogP contribution in [0.2, 0.25) is 0 Å². The largest absolute Gasteiger partial charge is 0.312 e. The van der Waals surface area contributed by atoms with Gasteiger partial charge in [-0.1, -0.05) is 12.2 Å². The van der Waals surface area contributed by atoms with Gasteiger partial charge in [0.15, 0.2) is 0 Å². The molecule has 64 valence electrons. The molecule has 0 amide bonds. The highest BCUT2D eigenvalue weighted by molar-refractivity contribution is 5.06. The van der Waals surface area contributed by atoms with E-state index in [2.05, 4.69) is 12.2 Å². The lowest BCUT2D eigenvalue weighted by Crippen LogP contribution is -1.99. The van der Waals surface area contributed by atoms with Gasteiger partial charge < -0.3 is 4.90 Å². The van der Waals surface area contributed by atoms with Crippen molar-refractivity contribution in [3.8, 4) is 0 Å². The van der Waals surface area contributed by atoms with Crippen LogP contribution < -0.4 is 0 Å². The Bertz CT molecular complexity index is 123. The van der Waals surface area contributed by atoms with Gasteiger partial charge in [0.1, 0.15) is 0 Å². The van der Waals surface area contributed by atoms with E-state index in [-0.39, 0.29) is 0 Å². The third kappa shape index (κ3) is 3.06. The first kappa shape index (κ1) is 8.79. The molecule has 1 heteroatoms. The van der Waals surface area contributed by atoms with Crippen LogP contribution in [0.3, 0.4) is 0 Å². The first-order chi connectivity index (χ1) is 5.18. The molecule has 1 saturated carbocycles. The van der Waals surface area contributed by atoms with Gasteiger partial charge in [0.05, 0.1) is 0 Å². The molecule has 1 nitrogen and oxygen atoms in total. The third-order valence-corrected chi connectivity index (χ3v) is 2.17. The molecule has 0 N–H and O–H groups in total. The lowest BCUT2D eigenvalue weighted by atomic mass is 10.1. The van der Waals surface area contributed by atoms with Gasteiger partial charge in [-0.15, -0.1) is 0 Å². The van der Waals surface area contributed by atoms with Crippen molar-refractivity contribution >= 4 is 0 Å². The standard InChI is InChI=1S/C7H10.C3H9N/c1-2-7-4-3-6(1)5-7;1-4(2)3/h1-2,6-7H,3-5H2;1-3H3. The van der Waals surface area contributed by atoms with Gasteiger partial charge in [-0.25, -0.2) is 0 Å². The Morgan fingerprint density at radius 1 is 1.00 bits per heavy atom. The summed E-state index contributed by atoms with van der Waals surface area (Å²) in [6.45, 7) is 0. The smallest absolute Gasteiger partial charge is 0.0140 e. The lowest BCUT2D eigenvalue weighted by Gasteiger charge is -1.96. The zero-order valence-electron chi connectivity index (χ0n) is 7.88. The van der Waals surface area contributed by atoms with E-state index in [4.69, 9.17) is 0 Å². The van der Waals surface area contributed by atoms with Gasteiger partial charge in [-0.05, 0) is 52.2 Å². The molecule has 11 heavy (non-hydrogen) atoms. The van der Waals surface area contributed by atoms with Crippen LogP contribution in [0.1, 0.15) is 19.3 Å². The summed E-state index contributed by atoms with van der Waals surface area (Å²) in [4.78, 5) is 2.00. The minimum Gasteiger partial charge on any atom is -0.312 e. The van der Waals surface area contributed by atoms with Gasteiger partial charge in [0.2, 0.25) is 0 Å². The van der Waals surface area contributed by atoms with Crippen molar-refractivity contribution < 1.29 is 0 Å². The number of hydrogen-bond acceptors (Lipinski definition) is 1. The first-order valence-electron chi connectivity index (χ1n) is 4.47. The van der Waals surface area contributed by atoms with E-state index in [1.54, 1.807) is 0 Å². The van der Waals surface area contributed by atoms with Gasteiger partial charge in [0, 0.05) is 0 Å². The van der Waals surface area contributed by atoms with Crippen molar-refractivity contribution in [3.05, 3.63) is 12.2 Å². The predicted octanol–water partition coefficient (Wildman–Crippen LogP) is 2.15. The average molecular weight is 153 g/mol. The molecular formula is C10H19N. The molecule has 0 aromatic heterocycles. The zero-order chi connectivity index (χ0) is 8.27. The van der Waals surface area contributed by atoms with E-state index in [9.17, 15) is 0 Å². The van der Waals surface area contributed by atoms with Crippen molar-refractivity contribution in [1.29, 1.82) is 0 Å². The van der Waals surface area contributed by atoms with E-state index in [0.717, 1.165) is 11.8 Å². The molecule has 0 radical (unpaired) electrons. The summed E-state index contributed by atoms with van der Waals surface area (Å²) < 4.78 is 0. The lowest BCUT2D eigenvalue weighted by molar-refractivity contribution is 0.505. The van der Waals surface area contributed by atoms with Gasteiger partial charge >= 0.3 is 0 Å². The maximum Gasteiger partial charge on any atom is -0.0140 e. The molecule has 0 saturated heterocycles. The van der Waals surface area contributed by atoms with Crippen LogP contribution in [0.5, 0.6) is 0 Å². The molecule has 0 aromatic rings. The Kier molecular flexibility index (Phi) is 3.13. The number of allylic oxidation sites excluding steroid dienone is 2. The number of fused-ring (bicyclic) bond motifs is 2. The molecule has 0 aromatic carbocycles. The molecular weight excluding hydrogens is 134 g/mol. The van der Waals surface area contributed by atoms with E-state index in [1.807, 2.05) is 26.0 Å². The summed E-state index contributed by atoms with van der Waals surface area (Å²) in [7, 11) is 6.00. The third-order valence-electron chi connectivity index (χ3n) is 2.17. The van der Waals surface area contributed by atoms with Crippen LogP contribution in [-0.4, -0.2) is 26.0 Å². The molecule has 2 unspecified atom stereocenters. The normalized spacial score (nSPS) is 32.4. The van der Waals surface area contributed by atoms with Crippen LogP contribution >= 0.6 is 0 Å². The van der Waals surface area contributed by atoms with Crippen LogP contribution in [0.25, 0.3) is 0 Å². The fourth-order valence-electron chi connectivity index (χ4n) is 1.72. The van der Waals surface area contributed by atoms with Crippen molar-refractivity contribution in [1.82, 2.24) is 4.90 Å². The second kappa shape index (κ2) is 3.91. The quantitative estimate of drug-likeness (QED) is 0.482. The summed E-state index contributed by atoms with van der Waals surface area (Å²) in [5.74, 6) is 1.98. The average Bonchev–Trinajstić information content (AvgIpc) is 2.45. The molecule has 0 aliphatic heterocycles. The molecule has 2 atom stereocenters. The minimum absolute atomic E-state index is 0.991. The molecule has 2 rings (SSSR count). The maximum atomic E-state index is 2.38. The highest BCUT2D eigenvalue weighted by atomic mass is 15.0.